The molecule has 0 spiro atoms. The number of hydrogen-bond donors (Lipinski definition) is 3. The summed E-state index contributed by atoms with van der Waals surface area (Å²) in [5, 5.41) is 0. The Bertz CT molecular complexity index is 605. The van der Waals surface area contributed by atoms with Crippen molar-refractivity contribution in [3.05, 3.63) is 30.7 Å². The van der Waals surface area contributed by atoms with Gasteiger partial charge in [-0.15, -0.1) is 0 Å². The summed E-state index contributed by atoms with van der Waals surface area (Å²) >= 11 is 0. The summed E-state index contributed by atoms with van der Waals surface area (Å²) in [6.45, 7) is 0. The normalized spacial score (nSPS) is 12.3. The maximum Gasteiger partial charge on any atom is 0.362 e. The number of aromatic nitrogens is 4. The summed E-state index contributed by atoms with van der Waals surface area (Å²) in [5.41, 5.74) is 1.32. The van der Waals surface area contributed by atoms with Gasteiger partial charge in [-0.25, -0.2) is 15.0 Å². The van der Waals surface area contributed by atoms with Crippen LogP contribution in [-0.2, 0) is 15.7 Å². The van der Waals surface area contributed by atoms with Crippen molar-refractivity contribution in [2.45, 2.75) is 6.42 Å². The number of ether oxygens (including phenoxy) is 1. The van der Waals surface area contributed by atoms with Crippen LogP contribution in [-0.4, -0.2) is 36.1 Å². The molecule has 0 saturated heterocycles. The molecule has 8 nitrogen and oxygen atoms in total. The zero-order chi connectivity index (χ0) is 13.0. The molecule has 96 valence electrons. The lowest BCUT2D eigenvalue weighted by Gasteiger charge is -2.01. The van der Waals surface area contributed by atoms with E-state index in [2.05, 4.69) is 24.7 Å². The maximum atomic E-state index is 10.5. The van der Waals surface area contributed by atoms with Crippen molar-refractivity contribution >= 4 is 18.8 Å². The summed E-state index contributed by atoms with van der Waals surface area (Å²) in [7, 11) is -4.12. The van der Waals surface area contributed by atoms with E-state index in [1.807, 2.05) is 0 Å². The predicted octanol–water partition coefficient (Wildman–Crippen LogP) is 0.561. The molecule has 0 aliphatic carbocycles. The molecule has 3 N–H and O–H groups in total. The third-order valence-corrected chi connectivity index (χ3v) is 2.45. The van der Waals surface area contributed by atoms with Crippen LogP contribution in [0.1, 0.15) is 5.82 Å². The van der Waals surface area contributed by atoms with E-state index in [4.69, 9.17) is 9.79 Å². The fourth-order valence-corrected chi connectivity index (χ4v) is 1.51. The second kappa shape index (κ2) is 5.26. The molecule has 9 heteroatoms. The highest BCUT2D eigenvalue weighted by atomic mass is 31.2. The van der Waals surface area contributed by atoms with Gasteiger partial charge in [-0.05, 0) is 6.08 Å². The molecule has 0 unspecified atom stereocenters. The van der Waals surface area contributed by atoms with Gasteiger partial charge in [0, 0.05) is 6.42 Å². The molecule has 2 rings (SSSR count). The Morgan fingerprint density at radius 3 is 3.06 bits per heavy atom. The fourth-order valence-electron chi connectivity index (χ4n) is 1.23. The predicted molar refractivity (Wildman–Crippen MR) is 62.5 cm³/mol. The molecule has 18 heavy (non-hydrogen) atoms. The first-order chi connectivity index (χ1) is 8.54. The van der Waals surface area contributed by atoms with Gasteiger partial charge < -0.3 is 19.5 Å². The summed E-state index contributed by atoms with van der Waals surface area (Å²) < 4.78 is 15.2. The quantitative estimate of drug-likeness (QED) is 0.536. The molecular weight excluding hydrogens is 259 g/mol. The number of aromatic amines is 1. The zero-order valence-corrected chi connectivity index (χ0v) is 10.1. The van der Waals surface area contributed by atoms with Crippen LogP contribution in [0.15, 0.2) is 24.9 Å². The standard InChI is InChI=1S/C9H11N4O4P/c14-18(15,16)6-17-3-1-2-8-10-4-7-9(13-8)12-5-11-7/h1,3-5H,2,6H2,(H2,14,15,16)(H,10,11,12,13). The second-order valence-corrected chi connectivity index (χ2v) is 5.05. The van der Waals surface area contributed by atoms with Gasteiger partial charge in [0.2, 0.25) is 0 Å². The van der Waals surface area contributed by atoms with Crippen LogP contribution in [0.2, 0.25) is 0 Å². The Kier molecular flexibility index (Phi) is 3.71. The van der Waals surface area contributed by atoms with Gasteiger partial charge in [0.05, 0.1) is 18.8 Å². The Labute approximate surface area is 102 Å². The summed E-state index contributed by atoms with van der Waals surface area (Å²) in [5.74, 6) is 0.547. The van der Waals surface area contributed by atoms with Crippen LogP contribution in [0.5, 0.6) is 0 Å². The first-order valence-electron chi connectivity index (χ1n) is 5.01. The lowest BCUT2D eigenvalue weighted by atomic mass is 10.4. The summed E-state index contributed by atoms with van der Waals surface area (Å²) in [6.07, 6.45) is 5.70. The van der Waals surface area contributed by atoms with E-state index in [9.17, 15) is 4.57 Å². The molecule has 0 saturated carbocycles. The molecule has 0 radical (unpaired) electrons. The summed E-state index contributed by atoms with van der Waals surface area (Å²) in [4.78, 5) is 32.2. The van der Waals surface area contributed by atoms with Crippen LogP contribution in [0, 0.1) is 0 Å². The van der Waals surface area contributed by atoms with Crippen molar-refractivity contribution in [2.24, 2.45) is 0 Å². The molecular formula is C9H11N4O4P. The minimum Gasteiger partial charge on any atom is -0.489 e. The Balaban J connectivity index is 1.89. The van der Waals surface area contributed by atoms with Gasteiger partial charge in [-0.3, -0.25) is 4.57 Å². The molecule has 0 amide bonds. The Morgan fingerprint density at radius 2 is 2.28 bits per heavy atom. The Morgan fingerprint density at radius 1 is 1.44 bits per heavy atom. The van der Waals surface area contributed by atoms with E-state index in [0.29, 0.717) is 17.9 Å². The highest BCUT2D eigenvalue weighted by molar-refractivity contribution is 7.51. The van der Waals surface area contributed by atoms with E-state index >= 15 is 0 Å². The fraction of sp³-hybridized carbons (Fsp3) is 0.222. The van der Waals surface area contributed by atoms with Gasteiger partial charge in [-0.2, -0.15) is 0 Å². The minimum absolute atomic E-state index is 0.393. The van der Waals surface area contributed by atoms with Crippen LogP contribution < -0.4 is 0 Å². The van der Waals surface area contributed by atoms with Crippen molar-refractivity contribution in [3.8, 4) is 0 Å². The second-order valence-electron chi connectivity index (χ2n) is 3.46. The maximum absolute atomic E-state index is 10.5. The summed E-state index contributed by atoms with van der Waals surface area (Å²) in [6, 6.07) is 0. The molecule has 0 atom stereocenters. The number of nitrogens with zero attached hydrogens (tertiary/aromatic N) is 3. The lowest BCUT2D eigenvalue weighted by molar-refractivity contribution is 0.257. The number of hydrogen-bond acceptors (Lipinski definition) is 5. The third-order valence-electron chi connectivity index (χ3n) is 1.96. The average molecular weight is 270 g/mol. The first kappa shape index (κ1) is 12.7. The van der Waals surface area contributed by atoms with Crippen molar-refractivity contribution in [3.63, 3.8) is 0 Å². The number of H-pyrrole nitrogens is 1. The van der Waals surface area contributed by atoms with Crippen molar-refractivity contribution in [1.29, 1.82) is 0 Å². The van der Waals surface area contributed by atoms with Crippen LogP contribution in [0.25, 0.3) is 11.2 Å². The molecule has 2 aromatic rings. The van der Waals surface area contributed by atoms with E-state index in [0.717, 1.165) is 5.52 Å². The average Bonchev–Trinajstić information content (AvgIpc) is 2.74. The van der Waals surface area contributed by atoms with Gasteiger partial charge in [0.25, 0.3) is 0 Å². The lowest BCUT2D eigenvalue weighted by Crippen LogP contribution is -1.93. The SMILES string of the molecule is O=P(O)(O)COC=CCc1ncc2[nH]cnc2n1. The highest BCUT2D eigenvalue weighted by Crippen LogP contribution is 2.33. The number of fused-ring (bicyclic) bond motifs is 1. The number of allylic oxidation sites excluding steroid dienone is 1. The van der Waals surface area contributed by atoms with E-state index in [-0.39, 0.29) is 0 Å². The number of nitrogens with one attached hydrogen (secondary N) is 1. The zero-order valence-electron chi connectivity index (χ0n) is 9.22. The first-order valence-corrected chi connectivity index (χ1v) is 6.80. The molecule has 0 bridgehead atoms. The monoisotopic (exact) mass is 270 g/mol. The topological polar surface area (TPSA) is 121 Å². The molecule has 2 heterocycles. The smallest absolute Gasteiger partial charge is 0.362 e. The Hall–Kier alpha value is -1.76. The van der Waals surface area contributed by atoms with Crippen LogP contribution in [0.3, 0.4) is 0 Å². The van der Waals surface area contributed by atoms with Crippen molar-refractivity contribution in [1.82, 2.24) is 19.9 Å². The molecule has 2 aromatic heterocycles. The molecule has 0 aliphatic rings. The molecule has 0 aromatic carbocycles. The number of imidazole rings is 1. The van der Waals surface area contributed by atoms with Crippen LogP contribution >= 0.6 is 7.60 Å². The van der Waals surface area contributed by atoms with E-state index in [1.54, 1.807) is 12.3 Å². The van der Waals surface area contributed by atoms with Crippen molar-refractivity contribution < 1.29 is 19.1 Å². The third kappa shape index (κ3) is 3.63. The van der Waals surface area contributed by atoms with Gasteiger partial charge >= 0.3 is 7.60 Å². The molecule has 0 fully saturated rings. The minimum atomic E-state index is -4.12. The number of rotatable bonds is 5. The molecule has 0 aliphatic heterocycles. The highest BCUT2D eigenvalue weighted by Gasteiger charge is 2.11. The van der Waals surface area contributed by atoms with Gasteiger partial charge in [0.15, 0.2) is 12.0 Å². The van der Waals surface area contributed by atoms with E-state index in [1.165, 1.54) is 12.6 Å². The van der Waals surface area contributed by atoms with Gasteiger partial charge in [-0.1, -0.05) is 0 Å². The van der Waals surface area contributed by atoms with Gasteiger partial charge in [0.1, 0.15) is 11.3 Å². The van der Waals surface area contributed by atoms with E-state index < -0.39 is 13.9 Å². The van der Waals surface area contributed by atoms with Crippen molar-refractivity contribution in [2.75, 3.05) is 6.35 Å². The van der Waals surface area contributed by atoms with Crippen LogP contribution in [0.4, 0.5) is 0 Å². The largest absolute Gasteiger partial charge is 0.489 e.